The second kappa shape index (κ2) is 7.53. The molecule has 0 aliphatic heterocycles. The van der Waals surface area contributed by atoms with Crippen molar-refractivity contribution < 1.29 is 14.6 Å². The van der Waals surface area contributed by atoms with Crippen molar-refractivity contribution in [1.29, 1.82) is 0 Å². The van der Waals surface area contributed by atoms with E-state index in [4.69, 9.17) is 9.84 Å². The van der Waals surface area contributed by atoms with Gasteiger partial charge in [0.15, 0.2) is 5.69 Å². The third kappa shape index (κ3) is 3.52. The van der Waals surface area contributed by atoms with Gasteiger partial charge in [0, 0.05) is 10.0 Å². The Labute approximate surface area is 162 Å². The van der Waals surface area contributed by atoms with Crippen LogP contribution in [0.25, 0.3) is 11.3 Å². The highest BCUT2D eigenvalue weighted by Crippen LogP contribution is 2.35. The fourth-order valence-electron chi connectivity index (χ4n) is 3.01. The fraction of sp³-hybridized carbons (Fsp3) is 0.412. The molecule has 5 nitrogen and oxygen atoms in total. The molecule has 128 valence electrons. The average Bonchev–Trinajstić information content (AvgIpc) is 3.12. The topological polar surface area (TPSA) is 64.3 Å². The van der Waals surface area contributed by atoms with Crippen molar-refractivity contribution in [1.82, 2.24) is 9.78 Å². The van der Waals surface area contributed by atoms with E-state index in [9.17, 15) is 9.90 Å². The first-order valence-corrected chi connectivity index (χ1v) is 9.77. The quantitative estimate of drug-likeness (QED) is 0.501. The molecule has 1 aromatic carbocycles. The first-order valence-electron chi connectivity index (χ1n) is 7.90. The lowest BCUT2D eigenvalue weighted by atomic mass is 10.1. The molecule has 1 saturated carbocycles. The molecule has 0 saturated heterocycles. The maximum atomic E-state index is 12.5. The lowest BCUT2D eigenvalue weighted by Crippen LogP contribution is -2.18. The van der Waals surface area contributed by atoms with Crippen molar-refractivity contribution in [2.24, 2.45) is 0 Å². The van der Waals surface area contributed by atoms with E-state index in [0.717, 1.165) is 32.1 Å². The smallest absolute Gasteiger partial charge is 0.357 e. The highest BCUT2D eigenvalue weighted by atomic mass is 127. The van der Waals surface area contributed by atoms with Gasteiger partial charge in [-0.2, -0.15) is 5.10 Å². The van der Waals surface area contributed by atoms with Crippen LogP contribution in [0.4, 0.5) is 0 Å². The lowest BCUT2D eigenvalue weighted by Gasteiger charge is -2.13. The Morgan fingerprint density at radius 1 is 1.42 bits per heavy atom. The predicted octanol–water partition coefficient (Wildman–Crippen LogP) is 4.18. The van der Waals surface area contributed by atoms with Crippen LogP contribution in [0, 0.1) is 3.57 Å². The van der Waals surface area contributed by atoms with Crippen molar-refractivity contribution in [2.45, 2.75) is 38.3 Å². The number of halogens is 2. The third-order valence-electron chi connectivity index (χ3n) is 4.16. The van der Waals surface area contributed by atoms with Crippen LogP contribution in [0.5, 0.6) is 0 Å². The number of benzene rings is 1. The van der Waals surface area contributed by atoms with E-state index in [1.165, 1.54) is 0 Å². The van der Waals surface area contributed by atoms with Gasteiger partial charge in [0.05, 0.1) is 22.3 Å². The number of esters is 1. The Morgan fingerprint density at radius 2 is 2.12 bits per heavy atom. The van der Waals surface area contributed by atoms with Crippen LogP contribution in [0.3, 0.4) is 0 Å². The second-order valence-corrected chi connectivity index (χ2v) is 7.80. The molecule has 2 aromatic rings. The van der Waals surface area contributed by atoms with Crippen molar-refractivity contribution in [3.63, 3.8) is 0 Å². The number of carbonyl (C=O) groups is 1. The van der Waals surface area contributed by atoms with Crippen LogP contribution in [-0.2, 0) is 4.74 Å². The van der Waals surface area contributed by atoms with E-state index in [-0.39, 0.29) is 18.1 Å². The maximum Gasteiger partial charge on any atom is 0.357 e. The summed E-state index contributed by atoms with van der Waals surface area (Å²) in [6.07, 6.45) is 1.83. The number of aromatic nitrogens is 2. The number of rotatable bonds is 4. The molecule has 1 N–H and O–H groups in total. The molecule has 1 aliphatic rings. The Bertz CT molecular complexity index is 745. The maximum absolute atomic E-state index is 12.5. The SMILES string of the molecule is CCOC(=O)c1c(I)c(-c2ccc(Br)cc2)nn1C1CCC(O)C1. The zero-order valence-corrected chi connectivity index (χ0v) is 17.0. The molecule has 7 heteroatoms. The Hall–Kier alpha value is -0.930. The first-order chi connectivity index (χ1) is 11.5. The van der Waals surface area contributed by atoms with Crippen LogP contribution in [0.15, 0.2) is 28.7 Å². The van der Waals surface area contributed by atoms with Gasteiger partial charge in [-0.1, -0.05) is 28.1 Å². The second-order valence-electron chi connectivity index (χ2n) is 5.80. The minimum atomic E-state index is -0.362. The molecule has 1 aliphatic carbocycles. The lowest BCUT2D eigenvalue weighted by molar-refractivity contribution is 0.0506. The number of nitrogens with zero attached hydrogens (tertiary/aromatic N) is 2. The fourth-order valence-corrected chi connectivity index (χ4v) is 4.16. The van der Waals surface area contributed by atoms with E-state index >= 15 is 0 Å². The highest BCUT2D eigenvalue weighted by molar-refractivity contribution is 14.1. The van der Waals surface area contributed by atoms with Crippen molar-refractivity contribution in [2.75, 3.05) is 6.61 Å². The van der Waals surface area contributed by atoms with Gasteiger partial charge < -0.3 is 9.84 Å². The number of hydrogen-bond donors (Lipinski definition) is 1. The summed E-state index contributed by atoms with van der Waals surface area (Å²) in [5, 5.41) is 14.6. The standard InChI is InChI=1S/C17H18BrIN2O3/c1-2-24-17(23)16-14(19)15(10-3-5-11(18)6-4-10)20-21(16)12-7-8-13(22)9-12/h3-6,12-13,22H,2,7-9H2,1H3. The van der Waals surface area contributed by atoms with Gasteiger partial charge in [0.2, 0.25) is 0 Å². The van der Waals surface area contributed by atoms with Crippen LogP contribution >= 0.6 is 38.5 Å². The normalized spacial score (nSPS) is 20.3. The summed E-state index contributed by atoms with van der Waals surface area (Å²) in [6, 6.07) is 7.87. The monoisotopic (exact) mass is 504 g/mol. The summed E-state index contributed by atoms with van der Waals surface area (Å²) >= 11 is 5.59. The zero-order chi connectivity index (χ0) is 17.3. The highest BCUT2D eigenvalue weighted by Gasteiger charge is 2.32. The van der Waals surface area contributed by atoms with Crippen molar-refractivity contribution >= 4 is 44.5 Å². The summed E-state index contributed by atoms with van der Waals surface area (Å²) in [5.41, 5.74) is 2.20. The average molecular weight is 505 g/mol. The third-order valence-corrected chi connectivity index (χ3v) is 5.71. The summed E-state index contributed by atoms with van der Waals surface area (Å²) in [5.74, 6) is -0.362. The number of aliphatic hydroxyl groups is 1. The van der Waals surface area contributed by atoms with Gasteiger partial charge in [-0.15, -0.1) is 0 Å². The zero-order valence-electron chi connectivity index (χ0n) is 13.2. The minimum Gasteiger partial charge on any atom is -0.461 e. The van der Waals surface area contributed by atoms with Crippen LogP contribution in [-0.4, -0.2) is 33.6 Å². The molecule has 1 heterocycles. The van der Waals surface area contributed by atoms with Gasteiger partial charge in [-0.3, -0.25) is 4.68 Å². The molecule has 2 atom stereocenters. The summed E-state index contributed by atoms with van der Waals surface area (Å²) in [4.78, 5) is 12.5. The summed E-state index contributed by atoms with van der Waals surface area (Å²) in [6.45, 7) is 2.11. The number of aliphatic hydroxyl groups excluding tert-OH is 1. The van der Waals surface area contributed by atoms with Crippen LogP contribution in [0.2, 0.25) is 0 Å². The van der Waals surface area contributed by atoms with E-state index in [1.807, 2.05) is 24.3 Å². The van der Waals surface area contributed by atoms with Crippen molar-refractivity contribution in [3.05, 3.63) is 38.0 Å². The molecule has 0 bridgehead atoms. The van der Waals surface area contributed by atoms with Crippen molar-refractivity contribution in [3.8, 4) is 11.3 Å². The van der Waals surface area contributed by atoms with E-state index in [1.54, 1.807) is 11.6 Å². The molecule has 24 heavy (non-hydrogen) atoms. The summed E-state index contributed by atoms with van der Waals surface area (Å²) < 4.78 is 8.76. The Morgan fingerprint density at radius 3 is 2.71 bits per heavy atom. The largest absolute Gasteiger partial charge is 0.461 e. The number of carbonyl (C=O) groups excluding carboxylic acids is 1. The van der Waals surface area contributed by atoms with Crippen LogP contribution in [0.1, 0.15) is 42.7 Å². The number of hydrogen-bond acceptors (Lipinski definition) is 4. The molecule has 1 aromatic heterocycles. The van der Waals surface area contributed by atoms with E-state index in [2.05, 4.69) is 38.5 Å². The minimum absolute atomic E-state index is 0.0251. The number of ether oxygens (including phenoxy) is 1. The van der Waals surface area contributed by atoms with Gasteiger partial charge >= 0.3 is 5.97 Å². The van der Waals surface area contributed by atoms with E-state index < -0.39 is 0 Å². The molecule has 3 rings (SSSR count). The Balaban J connectivity index is 2.07. The molecule has 0 spiro atoms. The predicted molar refractivity (Wildman–Crippen MR) is 103 cm³/mol. The molecule has 2 unspecified atom stereocenters. The first kappa shape index (κ1) is 17.9. The molecule has 1 fully saturated rings. The van der Waals surface area contributed by atoms with Gasteiger partial charge in [0.1, 0.15) is 5.69 Å². The molecular weight excluding hydrogens is 487 g/mol. The van der Waals surface area contributed by atoms with Crippen LogP contribution < -0.4 is 0 Å². The molecule has 0 radical (unpaired) electrons. The Kier molecular flexibility index (Phi) is 5.61. The van der Waals surface area contributed by atoms with Gasteiger partial charge in [-0.25, -0.2) is 4.79 Å². The molecule has 0 amide bonds. The summed E-state index contributed by atoms with van der Waals surface area (Å²) in [7, 11) is 0. The van der Waals surface area contributed by atoms with E-state index in [0.29, 0.717) is 18.7 Å². The van der Waals surface area contributed by atoms with Gasteiger partial charge in [-0.05, 0) is 60.9 Å². The van der Waals surface area contributed by atoms with Gasteiger partial charge in [0.25, 0.3) is 0 Å². The molecular formula is C17H18BrIN2O3.